The Hall–Kier alpha value is -0.820. The maximum atomic E-state index is 5.94. The highest BCUT2D eigenvalue weighted by molar-refractivity contribution is 5.14. The molecule has 1 aliphatic carbocycles. The smallest absolute Gasteiger partial charge is 0.0575 e. The summed E-state index contributed by atoms with van der Waals surface area (Å²) in [4.78, 5) is 0. The van der Waals surface area contributed by atoms with Gasteiger partial charge < -0.3 is 4.74 Å². The Labute approximate surface area is 98.8 Å². The first-order valence-electron chi connectivity index (χ1n) is 6.50. The lowest BCUT2D eigenvalue weighted by Gasteiger charge is -2.26. The second-order valence-electron chi connectivity index (χ2n) is 4.99. The van der Waals surface area contributed by atoms with Crippen molar-refractivity contribution in [3.05, 3.63) is 35.9 Å². The largest absolute Gasteiger partial charge is 0.378 e. The van der Waals surface area contributed by atoms with E-state index in [2.05, 4.69) is 37.3 Å². The SMILES string of the molecule is CC1CCC(OCCc2ccccc2)CC1. The first-order chi connectivity index (χ1) is 7.84. The molecule has 0 bridgehead atoms. The van der Waals surface area contributed by atoms with E-state index in [4.69, 9.17) is 4.74 Å². The highest BCUT2D eigenvalue weighted by Gasteiger charge is 2.18. The number of benzene rings is 1. The molecule has 0 saturated heterocycles. The van der Waals surface area contributed by atoms with Crippen molar-refractivity contribution in [1.29, 1.82) is 0 Å². The zero-order valence-electron chi connectivity index (χ0n) is 10.2. The molecule has 1 fully saturated rings. The van der Waals surface area contributed by atoms with E-state index in [1.54, 1.807) is 0 Å². The molecular weight excluding hydrogens is 196 g/mol. The predicted octanol–water partition coefficient (Wildman–Crippen LogP) is 3.82. The molecule has 1 aromatic rings. The first-order valence-corrected chi connectivity index (χ1v) is 6.50. The summed E-state index contributed by atoms with van der Waals surface area (Å²) in [6, 6.07) is 10.6. The molecule has 0 N–H and O–H groups in total. The van der Waals surface area contributed by atoms with E-state index in [9.17, 15) is 0 Å². The van der Waals surface area contributed by atoms with Crippen LogP contribution in [0.25, 0.3) is 0 Å². The minimum atomic E-state index is 0.528. The van der Waals surface area contributed by atoms with Gasteiger partial charge in [-0.25, -0.2) is 0 Å². The summed E-state index contributed by atoms with van der Waals surface area (Å²) in [6.07, 6.45) is 6.78. The van der Waals surface area contributed by atoms with Gasteiger partial charge in [0, 0.05) is 0 Å². The van der Waals surface area contributed by atoms with E-state index in [0.29, 0.717) is 6.10 Å². The Morgan fingerprint density at radius 2 is 1.75 bits per heavy atom. The van der Waals surface area contributed by atoms with Crippen LogP contribution in [0.5, 0.6) is 0 Å². The molecule has 1 nitrogen and oxygen atoms in total. The van der Waals surface area contributed by atoms with Gasteiger partial charge in [-0.15, -0.1) is 0 Å². The average Bonchev–Trinajstić information content (AvgIpc) is 2.33. The Kier molecular flexibility index (Phi) is 4.41. The molecule has 0 aliphatic heterocycles. The summed E-state index contributed by atoms with van der Waals surface area (Å²) in [5.74, 6) is 0.911. The standard InChI is InChI=1S/C15H22O/c1-13-7-9-15(10-8-13)16-12-11-14-5-3-2-4-6-14/h2-6,13,15H,7-12H2,1H3. The maximum absolute atomic E-state index is 5.94. The van der Waals surface area contributed by atoms with E-state index >= 15 is 0 Å². The van der Waals surface area contributed by atoms with Crippen molar-refractivity contribution in [1.82, 2.24) is 0 Å². The lowest BCUT2D eigenvalue weighted by molar-refractivity contribution is 0.0216. The molecule has 1 aromatic carbocycles. The van der Waals surface area contributed by atoms with Gasteiger partial charge in [0.25, 0.3) is 0 Å². The summed E-state index contributed by atoms with van der Waals surface area (Å²) in [5.41, 5.74) is 1.38. The average molecular weight is 218 g/mol. The molecule has 0 heterocycles. The van der Waals surface area contributed by atoms with E-state index in [-0.39, 0.29) is 0 Å². The van der Waals surface area contributed by atoms with Crippen LogP contribution in [0, 0.1) is 5.92 Å². The Balaban J connectivity index is 1.65. The zero-order valence-corrected chi connectivity index (χ0v) is 10.2. The predicted molar refractivity (Wildman–Crippen MR) is 67.5 cm³/mol. The number of rotatable bonds is 4. The van der Waals surface area contributed by atoms with Crippen molar-refractivity contribution in [2.75, 3.05) is 6.61 Å². The highest BCUT2D eigenvalue weighted by Crippen LogP contribution is 2.25. The van der Waals surface area contributed by atoms with Crippen LogP contribution >= 0.6 is 0 Å². The molecule has 1 heteroatoms. The molecule has 0 aromatic heterocycles. The van der Waals surface area contributed by atoms with Crippen molar-refractivity contribution in [3.8, 4) is 0 Å². The summed E-state index contributed by atoms with van der Waals surface area (Å²) in [5, 5.41) is 0. The fraction of sp³-hybridized carbons (Fsp3) is 0.600. The van der Waals surface area contributed by atoms with Gasteiger partial charge in [0.05, 0.1) is 12.7 Å². The molecule has 0 amide bonds. The molecule has 1 aliphatic rings. The Morgan fingerprint density at radius 3 is 2.44 bits per heavy atom. The van der Waals surface area contributed by atoms with Crippen molar-refractivity contribution in [2.24, 2.45) is 5.92 Å². The van der Waals surface area contributed by atoms with Crippen molar-refractivity contribution >= 4 is 0 Å². The van der Waals surface area contributed by atoms with Crippen LogP contribution < -0.4 is 0 Å². The van der Waals surface area contributed by atoms with Gasteiger partial charge >= 0.3 is 0 Å². The fourth-order valence-corrected chi connectivity index (χ4v) is 2.38. The summed E-state index contributed by atoms with van der Waals surface area (Å²) in [7, 11) is 0. The van der Waals surface area contributed by atoms with E-state index in [1.165, 1.54) is 31.2 Å². The second kappa shape index (κ2) is 6.05. The molecular formula is C15H22O. The van der Waals surface area contributed by atoms with Gasteiger partial charge in [-0.1, -0.05) is 37.3 Å². The van der Waals surface area contributed by atoms with Crippen LogP contribution in [0.2, 0.25) is 0 Å². The zero-order chi connectivity index (χ0) is 11.2. The third kappa shape index (κ3) is 3.64. The minimum Gasteiger partial charge on any atom is -0.378 e. The van der Waals surface area contributed by atoms with Crippen LogP contribution in [-0.2, 0) is 11.2 Å². The third-order valence-corrected chi connectivity index (χ3v) is 3.55. The normalized spacial score (nSPS) is 25.6. The van der Waals surface area contributed by atoms with Crippen molar-refractivity contribution < 1.29 is 4.74 Å². The molecule has 88 valence electrons. The summed E-state index contributed by atoms with van der Waals surface area (Å²) >= 11 is 0. The quantitative estimate of drug-likeness (QED) is 0.746. The second-order valence-corrected chi connectivity index (χ2v) is 4.99. The fourth-order valence-electron chi connectivity index (χ4n) is 2.38. The topological polar surface area (TPSA) is 9.23 Å². The third-order valence-electron chi connectivity index (χ3n) is 3.55. The molecule has 0 unspecified atom stereocenters. The van der Waals surface area contributed by atoms with Crippen LogP contribution in [0.1, 0.15) is 38.2 Å². The van der Waals surface area contributed by atoms with Crippen LogP contribution in [-0.4, -0.2) is 12.7 Å². The Morgan fingerprint density at radius 1 is 1.06 bits per heavy atom. The molecule has 16 heavy (non-hydrogen) atoms. The maximum Gasteiger partial charge on any atom is 0.0575 e. The molecule has 0 spiro atoms. The Bertz CT molecular complexity index is 286. The molecule has 1 saturated carbocycles. The van der Waals surface area contributed by atoms with E-state index in [0.717, 1.165) is 18.9 Å². The molecule has 0 atom stereocenters. The van der Waals surface area contributed by atoms with Gasteiger partial charge in [0.15, 0.2) is 0 Å². The van der Waals surface area contributed by atoms with Crippen molar-refractivity contribution in [3.63, 3.8) is 0 Å². The molecule has 2 rings (SSSR count). The van der Waals surface area contributed by atoms with Gasteiger partial charge in [-0.2, -0.15) is 0 Å². The van der Waals surface area contributed by atoms with Gasteiger partial charge in [-0.3, -0.25) is 0 Å². The van der Waals surface area contributed by atoms with Crippen LogP contribution in [0.4, 0.5) is 0 Å². The monoisotopic (exact) mass is 218 g/mol. The lowest BCUT2D eigenvalue weighted by Crippen LogP contribution is -2.21. The van der Waals surface area contributed by atoms with Crippen LogP contribution in [0.15, 0.2) is 30.3 Å². The van der Waals surface area contributed by atoms with Crippen LogP contribution in [0.3, 0.4) is 0 Å². The number of hydrogen-bond acceptors (Lipinski definition) is 1. The first kappa shape index (κ1) is 11.7. The molecule has 0 radical (unpaired) electrons. The van der Waals surface area contributed by atoms with Gasteiger partial charge in [0.2, 0.25) is 0 Å². The minimum absolute atomic E-state index is 0.528. The lowest BCUT2D eigenvalue weighted by atomic mass is 9.89. The number of hydrogen-bond donors (Lipinski definition) is 0. The van der Waals surface area contributed by atoms with Gasteiger partial charge in [-0.05, 0) is 43.6 Å². The number of ether oxygens (including phenoxy) is 1. The highest BCUT2D eigenvalue weighted by atomic mass is 16.5. The van der Waals surface area contributed by atoms with E-state index < -0.39 is 0 Å². The van der Waals surface area contributed by atoms with E-state index in [1.807, 2.05) is 0 Å². The summed E-state index contributed by atoms with van der Waals surface area (Å²) in [6.45, 7) is 3.23. The van der Waals surface area contributed by atoms with Gasteiger partial charge in [0.1, 0.15) is 0 Å². The summed E-state index contributed by atoms with van der Waals surface area (Å²) < 4.78 is 5.94. The van der Waals surface area contributed by atoms with Crippen molar-refractivity contribution in [2.45, 2.75) is 45.1 Å².